The van der Waals surface area contributed by atoms with Gasteiger partial charge in [0.2, 0.25) is 5.91 Å². The van der Waals surface area contributed by atoms with Crippen LogP contribution >= 0.6 is 0 Å². The van der Waals surface area contributed by atoms with E-state index in [4.69, 9.17) is 0 Å². The number of fused-ring (bicyclic) bond motifs is 2. The number of anilines is 1. The summed E-state index contributed by atoms with van der Waals surface area (Å²) in [5.74, 6) is -0.230. The number of rotatable bonds is 4. The second kappa shape index (κ2) is 7.63. The molecule has 2 amide bonds. The monoisotopic (exact) mass is 412 g/mol. The second-order valence-corrected chi connectivity index (χ2v) is 10.0. The Balaban J connectivity index is 1.51. The number of piperidine rings is 1. The first kappa shape index (κ1) is 19.6. The van der Waals surface area contributed by atoms with Crippen LogP contribution in [0.4, 0.5) is 5.69 Å². The van der Waals surface area contributed by atoms with E-state index in [1.165, 1.54) is 6.92 Å². The standard InChI is InChI=1S/C22H24N2O4S/c1-15(25)23-17-9-7-16(8-10-17)22(26)24-18-11-12-19(24)14-21(13-18)29(27,28)20-5-3-2-4-6-20/h2-10,18-19,21H,11-14H2,1H3,(H,23,25). The lowest BCUT2D eigenvalue weighted by Gasteiger charge is -2.38. The number of nitrogens with one attached hydrogen (secondary N) is 1. The molecule has 1 N–H and O–H groups in total. The smallest absolute Gasteiger partial charge is 0.254 e. The third-order valence-corrected chi connectivity index (χ3v) is 8.08. The van der Waals surface area contributed by atoms with E-state index in [-0.39, 0.29) is 23.9 Å². The van der Waals surface area contributed by atoms with Gasteiger partial charge in [0.1, 0.15) is 0 Å². The number of nitrogens with zero attached hydrogens (tertiary/aromatic N) is 1. The highest BCUT2D eigenvalue weighted by Crippen LogP contribution is 2.40. The fourth-order valence-electron chi connectivity index (χ4n) is 4.56. The van der Waals surface area contributed by atoms with Crippen LogP contribution in [0.3, 0.4) is 0 Å². The Morgan fingerprint density at radius 2 is 1.52 bits per heavy atom. The van der Waals surface area contributed by atoms with Crippen molar-refractivity contribution in [2.75, 3.05) is 5.32 Å². The molecule has 2 aliphatic heterocycles. The van der Waals surface area contributed by atoms with Gasteiger partial charge >= 0.3 is 0 Å². The van der Waals surface area contributed by atoms with E-state index >= 15 is 0 Å². The van der Waals surface area contributed by atoms with E-state index in [9.17, 15) is 18.0 Å². The van der Waals surface area contributed by atoms with Gasteiger partial charge in [0.05, 0.1) is 10.1 Å². The topological polar surface area (TPSA) is 83.6 Å². The minimum absolute atomic E-state index is 0.0558. The van der Waals surface area contributed by atoms with Crippen molar-refractivity contribution in [1.29, 1.82) is 0 Å². The maximum Gasteiger partial charge on any atom is 0.254 e. The van der Waals surface area contributed by atoms with E-state index in [0.29, 0.717) is 29.0 Å². The predicted octanol–water partition coefficient (Wildman–Crippen LogP) is 3.25. The van der Waals surface area contributed by atoms with Crippen LogP contribution in [0.15, 0.2) is 59.5 Å². The minimum Gasteiger partial charge on any atom is -0.333 e. The average Bonchev–Trinajstić information content (AvgIpc) is 2.97. The number of amides is 2. The molecule has 2 saturated heterocycles. The highest BCUT2D eigenvalue weighted by atomic mass is 32.2. The Kier molecular flexibility index (Phi) is 5.17. The molecule has 29 heavy (non-hydrogen) atoms. The molecule has 4 rings (SSSR count). The molecule has 2 aromatic carbocycles. The molecule has 0 radical (unpaired) electrons. The molecule has 2 heterocycles. The zero-order valence-corrected chi connectivity index (χ0v) is 17.1. The van der Waals surface area contributed by atoms with Crippen LogP contribution in [-0.2, 0) is 14.6 Å². The molecule has 2 bridgehead atoms. The van der Waals surface area contributed by atoms with Crippen molar-refractivity contribution in [1.82, 2.24) is 4.90 Å². The Bertz CT molecular complexity index is 1000. The summed E-state index contributed by atoms with van der Waals surface area (Å²) in [4.78, 5) is 26.5. The molecule has 2 fully saturated rings. The SMILES string of the molecule is CC(=O)Nc1ccc(C(=O)N2C3CCC2CC(S(=O)(=O)c2ccccc2)C3)cc1. The van der Waals surface area contributed by atoms with E-state index in [2.05, 4.69) is 5.32 Å². The van der Waals surface area contributed by atoms with Crippen molar-refractivity contribution in [3.63, 3.8) is 0 Å². The Morgan fingerprint density at radius 3 is 2.07 bits per heavy atom. The maximum atomic E-state index is 13.1. The van der Waals surface area contributed by atoms with Gasteiger partial charge in [-0.3, -0.25) is 9.59 Å². The van der Waals surface area contributed by atoms with Crippen molar-refractivity contribution in [2.24, 2.45) is 0 Å². The number of sulfone groups is 1. The van der Waals surface area contributed by atoms with Crippen molar-refractivity contribution in [3.05, 3.63) is 60.2 Å². The van der Waals surface area contributed by atoms with Crippen molar-refractivity contribution >= 4 is 27.3 Å². The first-order valence-electron chi connectivity index (χ1n) is 9.85. The second-order valence-electron chi connectivity index (χ2n) is 7.81. The van der Waals surface area contributed by atoms with Crippen LogP contribution in [0, 0.1) is 0 Å². The van der Waals surface area contributed by atoms with Gasteiger partial charge in [-0.05, 0) is 62.1 Å². The summed E-state index contributed by atoms with van der Waals surface area (Å²) in [5.41, 5.74) is 1.20. The molecule has 7 heteroatoms. The Morgan fingerprint density at radius 1 is 0.931 bits per heavy atom. The first-order valence-corrected chi connectivity index (χ1v) is 11.4. The van der Waals surface area contributed by atoms with Crippen LogP contribution in [0.2, 0.25) is 0 Å². The summed E-state index contributed by atoms with van der Waals surface area (Å²) < 4.78 is 26.1. The molecule has 0 spiro atoms. The third-order valence-electron chi connectivity index (χ3n) is 5.89. The lowest BCUT2D eigenvalue weighted by atomic mass is 10.0. The number of benzene rings is 2. The Hall–Kier alpha value is -2.67. The fourth-order valence-corrected chi connectivity index (χ4v) is 6.44. The van der Waals surface area contributed by atoms with Gasteiger partial charge in [0.25, 0.3) is 5.91 Å². The number of hydrogen-bond donors (Lipinski definition) is 1. The first-order chi connectivity index (χ1) is 13.9. The lowest BCUT2D eigenvalue weighted by Crippen LogP contribution is -2.49. The molecule has 0 saturated carbocycles. The molecule has 6 nitrogen and oxygen atoms in total. The van der Waals surface area contributed by atoms with E-state index < -0.39 is 15.1 Å². The highest BCUT2D eigenvalue weighted by molar-refractivity contribution is 7.92. The summed E-state index contributed by atoms with van der Waals surface area (Å²) >= 11 is 0. The number of hydrogen-bond acceptors (Lipinski definition) is 4. The van der Waals surface area contributed by atoms with Crippen LogP contribution in [0.5, 0.6) is 0 Å². The van der Waals surface area contributed by atoms with Crippen molar-refractivity contribution in [2.45, 2.75) is 54.8 Å². The van der Waals surface area contributed by atoms with Gasteiger partial charge < -0.3 is 10.2 Å². The van der Waals surface area contributed by atoms with Gasteiger partial charge in [-0.2, -0.15) is 0 Å². The van der Waals surface area contributed by atoms with Crippen LogP contribution in [-0.4, -0.2) is 42.5 Å². The van der Waals surface area contributed by atoms with E-state index in [0.717, 1.165) is 12.8 Å². The van der Waals surface area contributed by atoms with E-state index in [1.54, 1.807) is 54.6 Å². The quantitative estimate of drug-likeness (QED) is 0.836. The molecule has 0 aromatic heterocycles. The third kappa shape index (κ3) is 3.79. The van der Waals surface area contributed by atoms with Gasteiger partial charge in [0, 0.05) is 30.3 Å². The zero-order chi connectivity index (χ0) is 20.6. The van der Waals surface area contributed by atoms with Crippen LogP contribution in [0.1, 0.15) is 43.0 Å². The van der Waals surface area contributed by atoms with Gasteiger partial charge in [-0.1, -0.05) is 18.2 Å². The van der Waals surface area contributed by atoms with Crippen molar-refractivity contribution < 1.29 is 18.0 Å². The molecule has 2 atom stereocenters. The highest BCUT2D eigenvalue weighted by Gasteiger charge is 2.47. The molecule has 2 aromatic rings. The summed E-state index contributed by atoms with van der Waals surface area (Å²) in [7, 11) is -3.40. The fraction of sp³-hybridized carbons (Fsp3) is 0.364. The lowest BCUT2D eigenvalue weighted by molar-refractivity contribution is -0.114. The largest absolute Gasteiger partial charge is 0.333 e. The van der Waals surface area contributed by atoms with Crippen molar-refractivity contribution in [3.8, 4) is 0 Å². The minimum atomic E-state index is -3.40. The maximum absolute atomic E-state index is 13.1. The predicted molar refractivity (Wildman–Crippen MR) is 110 cm³/mol. The summed E-state index contributed by atoms with van der Waals surface area (Å²) in [6.07, 6.45) is 2.62. The number of carbonyl (C=O) groups excluding carboxylic acids is 2. The molecule has 2 aliphatic rings. The molecule has 0 aliphatic carbocycles. The summed E-state index contributed by atoms with van der Waals surface area (Å²) in [6.45, 7) is 1.43. The molecule has 2 unspecified atom stereocenters. The zero-order valence-electron chi connectivity index (χ0n) is 16.2. The van der Waals surface area contributed by atoms with Gasteiger partial charge in [-0.25, -0.2) is 8.42 Å². The summed E-state index contributed by atoms with van der Waals surface area (Å²) in [6, 6.07) is 15.3. The molecule has 152 valence electrons. The average molecular weight is 413 g/mol. The normalized spacial score (nSPS) is 23.6. The van der Waals surface area contributed by atoms with E-state index in [1.807, 2.05) is 4.90 Å². The van der Waals surface area contributed by atoms with Gasteiger partial charge in [0.15, 0.2) is 9.84 Å². The molecular weight excluding hydrogens is 388 g/mol. The van der Waals surface area contributed by atoms with Crippen LogP contribution in [0.25, 0.3) is 0 Å². The Labute approximate surface area is 170 Å². The van der Waals surface area contributed by atoms with Gasteiger partial charge in [-0.15, -0.1) is 0 Å². The summed E-state index contributed by atoms with van der Waals surface area (Å²) in [5, 5.41) is 2.24. The van der Waals surface area contributed by atoms with Crippen LogP contribution < -0.4 is 5.32 Å². The molecular formula is C22H24N2O4S. The number of carbonyl (C=O) groups is 2.